The van der Waals surface area contributed by atoms with Gasteiger partial charge in [0.1, 0.15) is 11.6 Å². The summed E-state index contributed by atoms with van der Waals surface area (Å²) in [5, 5.41) is 0. The van der Waals surface area contributed by atoms with Crippen molar-refractivity contribution in [2.24, 2.45) is 5.92 Å². The van der Waals surface area contributed by atoms with Gasteiger partial charge in [0.05, 0.1) is 12.7 Å². The third kappa shape index (κ3) is 5.99. The normalized spacial score (nSPS) is 25.5. The molecule has 1 aliphatic carbocycles. The molecule has 1 aliphatic heterocycles. The first-order chi connectivity index (χ1) is 17.3. The highest BCUT2D eigenvalue weighted by Gasteiger charge is 2.33. The molecule has 1 heterocycles. The summed E-state index contributed by atoms with van der Waals surface area (Å²) in [6.45, 7) is 2.23. The molecule has 2 unspecified atom stereocenters. The van der Waals surface area contributed by atoms with Gasteiger partial charge < -0.3 is 4.74 Å². The fraction of sp³-hybridized carbons (Fsp3) is 0.517. The summed E-state index contributed by atoms with van der Waals surface area (Å²) >= 11 is 0. The Morgan fingerprint density at radius 3 is 2.08 bits per heavy atom. The topological polar surface area (TPSA) is 9.23 Å². The van der Waals surface area contributed by atoms with Gasteiger partial charge in [-0.3, -0.25) is 0 Å². The number of unbranched alkanes of at least 4 members (excludes halogenated alkanes) is 1. The molecule has 2 aromatic carbocycles. The van der Waals surface area contributed by atoms with Crippen LogP contribution in [0.25, 0.3) is 5.83 Å². The molecule has 2 atom stereocenters. The standard InChI is InChI=1S/C29H32F6O/c1-2-3-4-23(30)28(34)19-9-11-22(24(31)13-19)20-10-12-27(36-16-20)18-7-5-17(6-8-18)21-14-25(32)29(35)26(33)15-21/h9,11,13-15,17-18,20,27H,2-8,10,12,16H2,1H3. The third-order valence-electron chi connectivity index (χ3n) is 7.77. The maximum absolute atomic E-state index is 14.8. The van der Waals surface area contributed by atoms with Crippen LogP contribution in [0.4, 0.5) is 26.3 Å². The Bertz CT molecular complexity index is 1060. The van der Waals surface area contributed by atoms with Crippen molar-refractivity contribution in [2.75, 3.05) is 6.61 Å². The fourth-order valence-electron chi connectivity index (χ4n) is 5.62. The van der Waals surface area contributed by atoms with Crippen molar-refractivity contribution in [3.05, 3.63) is 76.1 Å². The van der Waals surface area contributed by atoms with Gasteiger partial charge in [0.15, 0.2) is 23.3 Å². The van der Waals surface area contributed by atoms with Crippen molar-refractivity contribution in [1.82, 2.24) is 0 Å². The van der Waals surface area contributed by atoms with E-state index in [1.54, 1.807) is 0 Å². The highest BCUT2D eigenvalue weighted by atomic mass is 19.2. The van der Waals surface area contributed by atoms with Crippen LogP contribution in [0.1, 0.15) is 93.2 Å². The van der Waals surface area contributed by atoms with E-state index in [1.165, 1.54) is 12.1 Å². The van der Waals surface area contributed by atoms with Crippen LogP contribution in [0, 0.1) is 29.2 Å². The monoisotopic (exact) mass is 510 g/mol. The second-order valence-corrected chi connectivity index (χ2v) is 10.1. The lowest BCUT2D eigenvalue weighted by molar-refractivity contribution is -0.0415. The second kappa shape index (κ2) is 11.8. The average molecular weight is 511 g/mol. The molecule has 36 heavy (non-hydrogen) atoms. The zero-order valence-corrected chi connectivity index (χ0v) is 20.4. The second-order valence-electron chi connectivity index (χ2n) is 10.1. The van der Waals surface area contributed by atoms with Crippen molar-refractivity contribution < 1.29 is 31.1 Å². The van der Waals surface area contributed by atoms with E-state index in [0.717, 1.165) is 63.1 Å². The lowest BCUT2D eigenvalue weighted by Crippen LogP contribution is -2.33. The van der Waals surface area contributed by atoms with Gasteiger partial charge in [-0.1, -0.05) is 25.5 Å². The van der Waals surface area contributed by atoms with Crippen LogP contribution < -0.4 is 0 Å². The molecule has 0 amide bonds. The molecule has 2 aromatic rings. The van der Waals surface area contributed by atoms with Crippen LogP contribution in [0.2, 0.25) is 0 Å². The van der Waals surface area contributed by atoms with Gasteiger partial charge in [-0.15, -0.1) is 0 Å². The van der Waals surface area contributed by atoms with Gasteiger partial charge in [-0.2, -0.15) is 0 Å². The van der Waals surface area contributed by atoms with Crippen LogP contribution in [0.3, 0.4) is 0 Å². The maximum atomic E-state index is 14.8. The first-order valence-corrected chi connectivity index (χ1v) is 12.9. The van der Waals surface area contributed by atoms with Crippen molar-refractivity contribution in [3.63, 3.8) is 0 Å². The summed E-state index contributed by atoms with van der Waals surface area (Å²) in [6.07, 6.45) is 5.92. The van der Waals surface area contributed by atoms with E-state index in [9.17, 15) is 26.3 Å². The van der Waals surface area contributed by atoms with E-state index in [1.807, 2.05) is 6.92 Å². The van der Waals surface area contributed by atoms with Crippen LogP contribution >= 0.6 is 0 Å². The lowest BCUT2D eigenvalue weighted by atomic mass is 9.74. The molecule has 1 saturated carbocycles. The van der Waals surface area contributed by atoms with E-state index >= 15 is 0 Å². The molecule has 0 spiro atoms. The minimum absolute atomic E-state index is 0.00312. The van der Waals surface area contributed by atoms with Crippen molar-refractivity contribution in [2.45, 2.75) is 82.7 Å². The number of benzene rings is 2. The minimum Gasteiger partial charge on any atom is -0.377 e. The fourth-order valence-corrected chi connectivity index (χ4v) is 5.62. The molecule has 4 rings (SSSR count). The maximum Gasteiger partial charge on any atom is 0.194 e. The molecule has 7 heteroatoms. The van der Waals surface area contributed by atoms with Gasteiger partial charge in [-0.05, 0) is 86.1 Å². The third-order valence-corrected chi connectivity index (χ3v) is 7.77. The molecule has 2 aliphatic rings. The SMILES string of the molecule is CCCCC(F)=C(F)c1ccc(C2CCC(C3CCC(c4cc(F)c(F)c(F)c4)CC3)OC2)c(F)c1. The molecule has 1 saturated heterocycles. The van der Waals surface area contributed by atoms with E-state index < -0.39 is 34.9 Å². The van der Waals surface area contributed by atoms with Crippen molar-refractivity contribution >= 4 is 5.83 Å². The van der Waals surface area contributed by atoms with E-state index in [0.29, 0.717) is 30.1 Å². The summed E-state index contributed by atoms with van der Waals surface area (Å²) in [5.74, 6) is -6.04. The van der Waals surface area contributed by atoms with Crippen molar-refractivity contribution in [3.8, 4) is 0 Å². The van der Waals surface area contributed by atoms with Gasteiger partial charge >= 0.3 is 0 Å². The Hall–Kier alpha value is -2.28. The Morgan fingerprint density at radius 1 is 0.833 bits per heavy atom. The predicted molar refractivity (Wildman–Crippen MR) is 128 cm³/mol. The van der Waals surface area contributed by atoms with Crippen molar-refractivity contribution in [1.29, 1.82) is 0 Å². The number of rotatable bonds is 7. The Labute approximate surface area is 208 Å². The molecule has 0 bridgehead atoms. The minimum atomic E-state index is -1.44. The number of hydrogen-bond acceptors (Lipinski definition) is 1. The van der Waals surface area contributed by atoms with Crippen LogP contribution in [-0.2, 0) is 4.74 Å². The number of hydrogen-bond donors (Lipinski definition) is 0. The zero-order chi connectivity index (χ0) is 25.8. The van der Waals surface area contributed by atoms with Crippen LogP contribution in [0.15, 0.2) is 36.2 Å². The summed E-state index contributed by atoms with van der Waals surface area (Å²) in [7, 11) is 0. The Balaban J connectivity index is 1.31. The van der Waals surface area contributed by atoms with Gasteiger partial charge in [0, 0.05) is 17.9 Å². The van der Waals surface area contributed by atoms with Crippen LogP contribution in [0.5, 0.6) is 0 Å². The summed E-state index contributed by atoms with van der Waals surface area (Å²) in [6, 6.07) is 6.19. The van der Waals surface area contributed by atoms with Gasteiger partial charge in [0.25, 0.3) is 0 Å². The largest absolute Gasteiger partial charge is 0.377 e. The summed E-state index contributed by atoms with van der Waals surface area (Å²) in [5.41, 5.74) is 0.852. The highest BCUT2D eigenvalue weighted by molar-refractivity contribution is 5.61. The number of halogens is 6. The number of ether oxygens (including phenoxy) is 1. The first kappa shape index (κ1) is 26.8. The quantitative estimate of drug-likeness (QED) is 0.266. The molecule has 0 radical (unpaired) electrons. The molecular weight excluding hydrogens is 478 g/mol. The Kier molecular flexibility index (Phi) is 8.81. The Morgan fingerprint density at radius 2 is 1.50 bits per heavy atom. The van der Waals surface area contributed by atoms with Gasteiger partial charge in [-0.25, -0.2) is 26.3 Å². The van der Waals surface area contributed by atoms with Gasteiger partial charge in [0.2, 0.25) is 0 Å². The summed E-state index contributed by atoms with van der Waals surface area (Å²) in [4.78, 5) is 0. The molecule has 0 N–H and O–H groups in total. The highest BCUT2D eigenvalue weighted by Crippen LogP contribution is 2.42. The molecule has 196 valence electrons. The molecule has 2 fully saturated rings. The zero-order valence-electron chi connectivity index (χ0n) is 20.4. The number of allylic oxidation sites excluding steroid dienone is 1. The molecule has 0 aromatic heterocycles. The predicted octanol–water partition coefficient (Wildman–Crippen LogP) is 9.28. The summed E-state index contributed by atoms with van der Waals surface area (Å²) < 4.78 is 89.7. The molecule has 1 nitrogen and oxygen atoms in total. The molecular formula is C29H32F6O. The smallest absolute Gasteiger partial charge is 0.194 e. The first-order valence-electron chi connectivity index (χ1n) is 12.9. The van der Waals surface area contributed by atoms with E-state index in [-0.39, 0.29) is 29.9 Å². The average Bonchev–Trinajstić information content (AvgIpc) is 2.89. The van der Waals surface area contributed by atoms with Crippen LogP contribution in [-0.4, -0.2) is 12.7 Å². The van der Waals surface area contributed by atoms with E-state index in [4.69, 9.17) is 4.74 Å². The lowest BCUT2D eigenvalue weighted by Gasteiger charge is -2.38. The van der Waals surface area contributed by atoms with E-state index in [2.05, 4.69) is 0 Å².